The van der Waals surface area contributed by atoms with E-state index in [1.165, 1.54) is 11.8 Å². The number of benzene rings is 2. The van der Waals surface area contributed by atoms with Gasteiger partial charge in [0.15, 0.2) is 0 Å². The van der Waals surface area contributed by atoms with Gasteiger partial charge in [0, 0.05) is 15.7 Å². The monoisotopic (exact) mass is 384 g/mol. The van der Waals surface area contributed by atoms with Crippen LogP contribution in [0.2, 0.25) is 0 Å². The first-order valence-electron chi connectivity index (χ1n) is 8.11. The lowest BCUT2D eigenvalue weighted by Gasteiger charge is -2.06. The van der Waals surface area contributed by atoms with Crippen LogP contribution in [0, 0.1) is 11.2 Å². The molecule has 6 heteroatoms. The summed E-state index contributed by atoms with van der Waals surface area (Å²) in [5.41, 5.74) is 1.99. The molecular weight excluding hydrogens is 368 g/mol. The molecule has 2 aromatic carbocycles. The minimum absolute atomic E-state index is 0.287. The first kappa shape index (κ1) is 18.4. The first-order valence-corrected chi connectivity index (χ1v) is 9.75. The molecule has 0 amide bonds. The molecular formula is C20H16O4S2. The van der Waals surface area contributed by atoms with Crippen molar-refractivity contribution < 1.29 is 19.1 Å². The molecule has 1 aliphatic carbocycles. The maximum Gasteiger partial charge on any atom is 0.385 e. The number of hydrogen-bond acceptors (Lipinski definition) is 6. The normalized spacial score (nSPS) is 11.9. The largest absolute Gasteiger partial charge is 0.458 e. The second kappa shape index (κ2) is 8.35. The maximum atomic E-state index is 12.1. The van der Waals surface area contributed by atoms with Crippen molar-refractivity contribution in [2.75, 3.05) is 13.2 Å². The Morgan fingerprint density at radius 3 is 2.27 bits per heavy atom. The van der Waals surface area contributed by atoms with Gasteiger partial charge in [-0.15, -0.1) is 0 Å². The van der Waals surface area contributed by atoms with Gasteiger partial charge >= 0.3 is 11.3 Å². The van der Waals surface area contributed by atoms with E-state index in [2.05, 4.69) is 11.2 Å². The summed E-state index contributed by atoms with van der Waals surface area (Å²) in [5, 5.41) is 4.61. The summed E-state index contributed by atoms with van der Waals surface area (Å²) < 4.78 is 9.92. The van der Waals surface area contributed by atoms with Gasteiger partial charge in [-0.1, -0.05) is 36.4 Å². The lowest BCUT2D eigenvalue weighted by molar-refractivity contribution is -0.136. The fraction of sp³-hybridized carbons (Fsp3) is 0.200. The van der Waals surface area contributed by atoms with Crippen LogP contribution in [0.4, 0.5) is 4.79 Å². The Labute approximate surface area is 160 Å². The van der Waals surface area contributed by atoms with Crippen LogP contribution in [0.1, 0.15) is 25.0 Å². The minimum atomic E-state index is -0.561. The Morgan fingerprint density at radius 1 is 0.962 bits per heavy atom. The van der Waals surface area contributed by atoms with Crippen molar-refractivity contribution in [3.05, 3.63) is 47.5 Å². The molecule has 0 aromatic heterocycles. The van der Waals surface area contributed by atoms with Crippen LogP contribution >= 0.6 is 23.5 Å². The van der Waals surface area contributed by atoms with E-state index < -0.39 is 5.97 Å². The molecule has 0 aliphatic heterocycles. The van der Waals surface area contributed by atoms with Gasteiger partial charge in [0.1, 0.15) is 0 Å². The molecule has 0 atom stereocenters. The van der Waals surface area contributed by atoms with Gasteiger partial charge in [-0.05, 0) is 64.5 Å². The van der Waals surface area contributed by atoms with E-state index in [9.17, 15) is 9.59 Å². The zero-order chi connectivity index (χ0) is 18.5. The third-order valence-corrected chi connectivity index (χ3v) is 5.50. The van der Waals surface area contributed by atoms with Gasteiger partial charge < -0.3 is 9.47 Å². The van der Waals surface area contributed by atoms with Crippen molar-refractivity contribution in [1.82, 2.24) is 0 Å². The van der Waals surface area contributed by atoms with Gasteiger partial charge in [0.25, 0.3) is 0 Å². The molecule has 0 N–H and O–H groups in total. The molecule has 0 unspecified atom stereocenters. The quantitative estimate of drug-likeness (QED) is 0.538. The zero-order valence-electron chi connectivity index (χ0n) is 14.3. The Balaban J connectivity index is 2.01. The molecule has 0 fully saturated rings. The minimum Gasteiger partial charge on any atom is -0.458 e. The first-order chi connectivity index (χ1) is 12.7. The van der Waals surface area contributed by atoms with Crippen LogP contribution in [0.25, 0.3) is 20.6 Å². The summed E-state index contributed by atoms with van der Waals surface area (Å²) >= 11 is 2.28. The number of hydrogen-bond donors (Lipinski definition) is 0. The maximum absolute atomic E-state index is 12.1. The Kier molecular flexibility index (Phi) is 5.92. The molecule has 3 rings (SSSR count). The van der Waals surface area contributed by atoms with Crippen LogP contribution < -0.4 is 0 Å². The second-order valence-electron chi connectivity index (χ2n) is 5.20. The highest BCUT2D eigenvalue weighted by Gasteiger charge is 2.27. The molecule has 132 valence electrons. The summed E-state index contributed by atoms with van der Waals surface area (Å²) in [7, 11) is 0. The fourth-order valence-corrected chi connectivity index (χ4v) is 4.48. The van der Waals surface area contributed by atoms with Crippen molar-refractivity contribution in [3.8, 4) is 11.2 Å². The van der Waals surface area contributed by atoms with Crippen LogP contribution in [0.5, 0.6) is 0 Å². The van der Waals surface area contributed by atoms with Crippen LogP contribution in [-0.2, 0) is 14.3 Å². The summed E-state index contributed by atoms with van der Waals surface area (Å²) in [6, 6.07) is 12.0. The van der Waals surface area contributed by atoms with Gasteiger partial charge in [0.2, 0.25) is 0 Å². The average molecular weight is 384 g/mol. The molecule has 0 saturated carbocycles. The van der Waals surface area contributed by atoms with E-state index in [1.807, 2.05) is 36.4 Å². The molecule has 1 aliphatic rings. The predicted octanol–water partition coefficient (Wildman–Crippen LogP) is 5.13. The summed E-state index contributed by atoms with van der Waals surface area (Å²) in [6.45, 7) is 4.12. The van der Waals surface area contributed by atoms with E-state index in [-0.39, 0.29) is 11.9 Å². The van der Waals surface area contributed by atoms with Crippen molar-refractivity contribution in [2.24, 2.45) is 0 Å². The molecule has 0 bridgehead atoms. The van der Waals surface area contributed by atoms with Gasteiger partial charge in [-0.2, -0.15) is 0 Å². The smallest absolute Gasteiger partial charge is 0.385 e. The Bertz CT molecular complexity index is 961. The zero-order valence-corrected chi connectivity index (χ0v) is 16.0. The highest BCUT2D eigenvalue weighted by molar-refractivity contribution is 8.23. The lowest BCUT2D eigenvalue weighted by Crippen LogP contribution is -1.99. The molecule has 26 heavy (non-hydrogen) atoms. The van der Waals surface area contributed by atoms with Gasteiger partial charge in [-0.25, -0.2) is 9.59 Å². The van der Waals surface area contributed by atoms with Crippen molar-refractivity contribution in [1.29, 1.82) is 0 Å². The molecule has 0 spiro atoms. The molecule has 0 radical (unpaired) electrons. The second-order valence-corrected chi connectivity index (χ2v) is 6.96. The predicted molar refractivity (Wildman–Crippen MR) is 107 cm³/mol. The van der Waals surface area contributed by atoms with E-state index in [0.29, 0.717) is 6.61 Å². The lowest BCUT2D eigenvalue weighted by atomic mass is 10.0. The fourth-order valence-electron chi connectivity index (χ4n) is 2.68. The SMILES string of the molecule is CCOC(=O)C#CSC1=C(SC(=O)OCC)c2cccc3cccc1c23. The number of esters is 1. The summed E-state index contributed by atoms with van der Waals surface area (Å²) in [6.07, 6.45) is 0. The average Bonchev–Trinajstić information content (AvgIpc) is 2.91. The van der Waals surface area contributed by atoms with Crippen molar-refractivity contribution in [3.63, 3.8) is 0 Å². The third-order valence-electron chi connectivity index (χ3n) is 3.63. The van der Waals surface area contributed by atoms with Crippen LogP contribution in [0.15, 0.2) is 36.4 Å². The van der Waals surface area contributed by atoms with Crippen molar-refractivity contribution >= 4 is 55.4 Å². The van der Waals surface area contributed by atoms with Gasteiger partial charge in [0.05, 0.1) is 13.2 Å². The highest BCUT2D eigenvalue weighted by Crippen LogP contribution is 2.51. The Hall–Kier alpha value is -2.36. The summed E-state index contributed by atoms with van der Waals surface area (Å²) in [4.78, 5) is 25.2. The van der Waals surface area contributed by atoms with E-state index in [4.69, 9.17) is 9.47 Å². The number of carbonyl (C=O) groups excluding carboxylic acids is 2. The van der Waals surface area contributed by atoms with Crippen molar-refractivity contribution in [2.45, 2.75) is 13.8 Å². The standard InChI is InChI=1S/C20H16O4S2/c1-3-23-16(21)11-12-25-18-14-9-5-7-13-8-6-10-15(17(13)14)19(18)26-20(22)24-4-2/h5-10H,3-4H2,1-2H3. The highest BCUT2D eigenvalue weighted by atomic mass is 32.2. The van der Waals surface area contributed by atoms with E-state index >= 15 is 0 Å². The molecule has 2 aromatic rings. The molecule has 0 saturated heterocycles. The molecule has 0 heterocycles. The van der Waals surface area contributed by atoms with Crippen LogP contribution in [0.3, 0.4) is 0 Å². The number of thioether (sulfide) groups is 2. The van der Waals surface area contributed by atoms with Crippen LogP contribution in [-0.4, -0.2) is 24.5 Å². The summed E-state index contributed by atoms with van der Waals surface area (Å²) in [5.74, 6) is 1.90. The van der Waals surface area contributed by atoms with E-state index in [0.717, 1.165) is 43.5 Å². The van der Waals surface area contributed by atoms with Gasteiger partial charge in [-0.3, -0.25) is 0 Å². The topological polar surface area (TPSA) is 52.6 Å². The Morgan fingerprint density at radius 2 is 1.62 bits per heavy atom. The third kappa shape index (κ3) is 3.74. The number of ether oxygens (including phenoxy) is 2. The van der Waals surface area contributed by atoms with E-state index in [1.54, 1.807) is 13.8 Å². The molecule has 4 nitrogen and oxygen atoms in total. The number of carbonyl (C=O) groups is 2. The number of rotatable bonds is 4.